The molecule has 0 radical (unpaired) electrons. The molecule has 0 amide bonds. The Morgan fingerprint density at radius 1 is 0.622 bits per heavy atom. The van der Waals surface area contributed by atoms with Crippen LogP contribution >= 0.6 is 0 Å². The Labute approximate surface area is 201 Å². The molecule has 0 saturated carbocycles. The summed E-state index contributed by atoms with van der Waals surface area (Å²) in [5, 5.41) is 1.17. The van der Waals surface area contributed by atoms with Crippen LogP contribution in [0.4, 0.5) is 57.1 Å². The normalized spacial score (nSPS) is 15.0. The number of aliphatic hydroxyl groups excluding tert-OH is 1. The van der Waals surface area contributed by atoms with Crippen molar-refractivity contribution >= 4 is 10.0 Å². The number of sulfonamides is 1. The Hall–Kier alpha value is -1.16. The minimum absolute atomic E-state index is 0.00758. The zero-order valence-corrected chi connectivity index (χ0v) is 19.4. The summed E-state index contributed by atoms with van der Waals surface area (Å²) in [6.45, 7) is -3.41. The highest BCUT2D eigenvalue weighted by Crippen LogP contribution is 2.61. The summed E-state index contributed by atoms with van der Waals surface area (Å²) in [6.07, 6.45) is -7.60. The van der Waals surface area contributed by atoms with Crippen LogP contribution in [0.15, 0.2) is 0 Å². The van der Waals surface area contributed by atoms with Gasteiger partial charge in [0.1, 0.15) is 0 Å². The zero-order chi connectivity index (χ0) is 29.6. The van der Waals surface area contributed by atoms with Crippen LogP contribution in [-0.4, -0.2) is 112 Å². The van der Waals surface area contributed by atoms with Crippen LogP contribution < -0.4 is 0 Å². The maximum atomic E-state index is 14.1. The maximum Gasteiger partial charge on any atom is 0.460 e. The highest BCUT2D eigenvalue weighted by molar-refractivity contribution is 7.90. The van der Waals surface area contributed by atoms with Gasteiger partial charge in [-0.2, -0.15) is 61.4 Å². The quantitative estimate of drug-likeness (QED) is 0.191. The molecule has 0 aliphatic rings. The molecule has 0 aromatic rings. The molecule has 0 heterocycles. The first-order valence-corrected chi connectivity index (χ1v) is 11.3. The molecule has 0 aromatic heterocycles. The van der Waals surface area contributed by atoms with E-state index >= 15 is 0 Å². The molecular formula is C16H22F13NO6S. The molecular weight excluding hydrogens is 581 g/mol. The maximum absolute atomic E-state index is 14.1. The monoisotopic (exact) mass is 603 g/mol. The second-order valence-corrected chi connectivity index (χ2v) is 8.85. The summed E-state index contributed by atoms with van der Waals surface area (Å²) in [5.74, 6) is -32.3. The number of hydrogen-bond donors (Lipinski definition) is 1. The number of ether oxygens (including phenoxy) is 3. The Morgan fingerprint density at radius 3 is 1.38 bits per heavy atom. The summed E-state index contributed by atoms with van der Waals surface area (Å²) in [6, 6.07) is 0. The fourth-order valence-corrected chi connectivity index (χ4v) is 3.73. The predicted molar refractivity (Wildman–Crippen MR) is 96.5 cm³/mol. The van der Waals surface area contributed by atoms with Gasteiger partial charge in [0.25, 0.3) is 10.0 Å². The number of hydrogen-bond acceptors (Lipinski definition) is 6. The summed E-state index contributed by atoms with van der Waals surface area (Å²) < 4.78 is 210. The van der Waals surface area contributed by atoms with Crippen LogP contribution in [0.1, 0.15) is 6.92 Å². The summed E-state index contributed by atoms with van der Waals surface area (Å²) in [7, 11) is -7.08. The van der Waals surface area contributed by atoms with Gasteiger partial charge in [-0.25, -0.2) is 8.42 Å². The van der Waals surface area contributed by atoms with E-state index in [1.165, 1.54) is 0 Å². The summed E-state index contributed by atoms with van der Waals surface area (Å²) in [4.78, 5) is 0. The van der Waals surface area contributed by atoms with E-state index in [1.807, 2.05) is 0 Å². The molecule has 21 heteroatoms. The van der Waals surface area contributed by atoms with E-state index in [1.54, 1.807) is 0 Å². The van der Waals surface area contributed by atoms with Crippen molar-refractivity contribution in [2.45, 2.75) is 42.0 Å². The van der Waals surface area contributed by atoms with Gasteiger partial charge in [-0.15, -0.1) is 0 Å². The third-order valence-electron chi connectivity index (χ3n) is 4.39. The number of nitrogens with zero attached hydrogens (tertiary/aromatic N) is 1. The molecule has 0 atom stereocenters. The van der Waals surface area contributed by atoms with Crippen molar-refractivity contribution in [1.29, 1.82) is 0 Å². The van der Waals surface area contributed by atoms with Crippen molar-refractivity contribution in [2.24, 2.45) is 0 Å². The number of likely N-dealkylation sites (N-methyl/N-ethyl adjacent to an activating group) is 1. The number of aliphatic hydroxyl groups is 1. The first-order valence-electron chi connectivity index (χ1n) is 9.81. The smallest absolute Gasteiger partial charge is 0.394 e. The van der Waals surface area contributed by atoms with Crippen LogP contribution in [-0.2, 0) is 24.2 Å². The van der Waals surface area contributed by atoms with Crippen molar-refractivity contribution in [1.82, 2.24) is 4.31 Å². The van der Waals surface area contributed by atoms with Crippen LogP contribution in [0.5, 0.6) is 0 Å². The summed E-state index contributed by atoms with van der Waals surface area (Å²) in [5.41, 5.74) is 0. The highest BCUT2D eigenvalue weighted by atomic mass is 32.2. The standard InChI is InChI=1S/C16H22F13NO6S/c1-2-30(3-5-34-7-9-36-10-8-35-6-4-31)37(32,33)16(28,29)14(23,24)12(19,20)11(17,18)13(21,22)15(25,26)27/h31H,2-10H2,1H3. The summed E-state index contributed by atoms with van der Waals surface area (Å²) >= 11 is 0. The molecule has 0 unspecified atom stereocenters. The van der Waals surface area contributed by atoms with E-state index in [9.17, 15) is 65.5 Å². The second-order valence-electron chi connectivity index (χ2n) is 6.87. The van der Waals surface area contributed by atoms with Crippen LogP contribution in [0, 0.1) is 0 Å². The number of alkyl halides is 13. The molecule has 37 heavy (non-hydrogen) atoms. The van der Waals surface area contributed by atoms with Gasteiger partial charge in [-0.3, -0.25) is 0 Å². The number of halogens is 13. The second kappa shape index (κ2) is 12.8. The van der Waals surface area contributed by atoms with Crippen molar-refractivity contribution in [2.75, 3.05) is 59.3 Å². The van der Waals surface area contributed by atoms with Crippen LogP contribution in [0.3, 0.4) is 0 Å². The molecule has 224 valence electrons. The van der Waals surface area contributed by atoms with Gasteiger partial charge in [0.2, 0.25) is 0 Å². The molecule has 0 rings (SSSR count). The molecule has 7 nitrogen and oxygen atoms in total. The van der Waals surface area contributed by atoms with Gasteiger partial charge >= 0.3 is 35.1 Å². The SMILES string of the molecule is CCN(CCOCCOCCOCCO)S(=O)(=O)C(F)(F)C(F)(F)C(F)(F)C(F)(F)C(F)(F)C(F)(F)F. The Kier molecular flexibility index (Phi) is 12.4. The van der Waals surface area contributed by atoms with Crippen molar-refractivity contribution in [3.05, 3.63) is 0 Å². The van der Waals surface area contributed by atoms with Gasteiger partial charge in [0.05, 0.1) is 46.2 Å². The molecule has 0 aliphatic heterocycles. The lowest BCUT2D eigenvalue weighted by Gasteiger charge is -2.40. The Balaban J connectivity index is 5.57. The highest BCUT2D eigenvalue weighted by Gasteiger charge is 2.92. The molecule has 0 bridgehead atoms. The van der Waals surface area contributed by atoms with E-state index in [0.29, 0.717) is 6.92 Å². The first kappa shape index (κ1) is 35.8. The van der Waals surface area contributed by atoms with Crippen molar-refractivity contribution < 1.29 is 84.8 Å². The molecule has 1 N–H and O–H groups in total. The average Bonchev–Trinajstić information content (AvgIpc) is 2.75. The van der Waals surface area contributed by atoms with Crippen LogP contribution in [0.25, 0.3) is 0 Å². The van der Waals surface area contributed by atoms with Gasteiger partial charge in [-0.1, -0.05) is 6.92 Å². The molecule has 0 aliphatic carbocycles. The van der Waals surface area contributed by atoms with Crippen molar-refractivity contribution in [3.8, 4) is 0 Å². The van der Waals surface area contributed by atoms with Gasteiger partial charge in [0.15, 0.2) is 0 Å². The Bertz CT molecular complexity index is 807. The fourth-order valence-electron chi connectivity index (χ4n) is 2.30. The largest absolute Gasteiger partial charge is 0.460 e. The minimum atomic E-state index is -8.22. The lowest BCUT2D eigenvalue weighted by atomic mass is 9.98. The van der Waals surface area contributed by atoms with Crippen LogP contribution in [0.2, 0.25) is 0 Å². The fraction of sp³-hybridized carbons (Fsp3) is 1.00. The van der Waals surface area contributed by atoms with Crippen molar-refractivity contribution in [3.63, 3.8) is 0 Å². The Morgan fingerprint density at radius 2 is 1.00 bits per heavy atom. The van der Waals surface area contributed by atoms with E-state index < -0.39 is 69.1 Å². The van der Waals surface area contributed by atoms with E-state index in [4.69, 9.17) is 19.3 Å². The van der Waals surface area contributed by atoms with E-state index in [-0.39, 0.29) is 39.6 Å². The predicted octanol–water partition coefficient (Wildman–Crippen LogP) is 3.38. The van der Waals surface area contributed by atoms with E-state index in [2.05, 4.69) is 0 Å². The van der Waals surface area contributed by atoms with E-state index in [0.717, 1.165) is 0 Å². The molecule has 0 spiro atoms. The molecule has 0 aromatic carbocycles. The zero-order valence-electron chi connectivity index (χ0n) is 18.6. The average molecular weight is 603 g/mol. The first-order chi connectivity index (χ1) is 16.5. The number of rotatable bonds is 18. The lowest BCUT2D eigenvalue weighted by Crippen LogP contribution is -2.71. The third-order valence-corrected chi connectivity index (χ3v) is 6.41. The van der Waals surface area contributed by atoms with Gasteiger partial charge < -0.3 is 19.3 Å². The third kappa shape index (κ3) is 7.08. The van der Waals surface area contributed by atoms with Gasteiger partial charge in [0, 0.05) is 13.1 Å². The minimum Gasteiger partial charge on any atom is -0.394 e. The molecule has 0 fully saturated rings. The van der Waals surface area contributed by atoms with Gasteiger partial charge in [-0.05, 0) is 0 Å². The topological polar surface area (TPSA) is 85.3 Å². The molecule has 0 saturated heterocycles. The lowest BCUT2D eigenvalue weighted by molar-refractivity contribution is -0.433.